The van der Waals surface area contributed by atoms with Crippen molar-refractivity contribution in [3.63, 3.8) is 0 Å². The minimum Gasteiger partial charge on any atom is -0.367 e. The molecule has 0 saturated heterocycles. The predicted octanol–water partition coefficient (Wildman–Crippen LogP) is 3.36. The van der Waals surface area contributed by atoms with Crippen LogP contribution in [0.3, 0.4) is 0 Å². The van der Waals surface area contributed by atoms with Crippen molar-refractivity contribution in [3.8, 4) is 0 Å². The standard InChI is InChI=1S/C15H17F4N3O/c1-10-4-3-5-12(6-10)7-22-13(20-11(2)21-22)8-23-9-15(18,19)14(16)17/h3-6,14H,7-9H2,1-2H3. The monoisotopic (exact) mass is 331 g/mol. The Bertz CT molecular complexity index is 658. The van der Waals surface area contributed by atoms with Crippen molar-refractivity contribution in [2.45, 2.75) is 39.3 Å². The maximum Gasteiger partial charge on any atom is 0.330 e. The highest BCUT2D eigenvalue weighted by Crippen LogP contribution is 2.23. The Balaban J connectivity index is 2.03. The molecule has 0 spiro atoms. The van der Waals surface area contributed by atoms with Crippen molar-refractivity contribution in [1.29, 1.82) is 0 Å². The van der Waals surface area contributed by atoms with Crippen molar-refractivity contribution in [2.75, 3.05) is 6.61 Å². The lowest BCUT2D eigenvalue weighted by molar-refractivity contribution is -0.168. The summed E-state index contributed by atoms with van der Waals surface area (Å²) in [5, 5.41) is 4.18. The molecule has 0 atom stereocenters. The summed E-state index contributed by atoms with van der Waals surface area (Å²) in [5.74, 6) is -3.40. The summed E-state index contributed by atoms with van der Waals surface area (Å²) in [6.07, 6.45) is -3.76. The summed E-state index contributed by atoms with van der Waals surface area (Å²) in [5.41, 5.74) is 2.04. The molecule has 0 unspecified atom stereocenters. The summed E-state index contributed by atoms with van der Waals surface area (Å²) in [4.78, 5) is 4.09. The molecule has 23 heavy (non-hydrogen) atoms. The third kappa shape index (κ3) is 4.75. The van der Waals surface area contributed by atoms with Gasteiger partial charge in [0.15, 0.2) is 5.82 Å². The Morgan fingerprint density at radius 3 is 2.65 bits per heavy atom. The molecule has 126 valence electrons. The Morgan fingerprint density at radius 1 is 1.26 bits per heavy atom. The summed E-state index contributed by atoms with van der Waals surface area (Å²) in [7, 11) is 0. The van der Waals surface area contributed by atoms with Crippen LogP contribution < -0.4 is 0 Å². The average molecular weight is 331 g/mol. The molecule has 4 nitrogen and oxygen atoms in total. The van der Waals surface area contributed by atoms with E-state index >= 15 is 0 Å². The van der Waals surface area contributed by atoms with E-state index in [1.807, 2.05) is 31.2 Å². The van der Waals surface area contributed by atoms with Gasteiger partial charge in [0, 0.05) is 0 Å². The van der Waals surface area contributed by atoms with Gasteiger partial charge in [0.25, 0.3) is 0 Å². The second-order valence-electron chi connectivity index (χ2n) is 5.28. The van der Waals surface area contributed by atoms with Gasteiger partial charge >= 0.3 is 12.3 Å². The van der Waals surface area contributed by atoms with E-state index in [4.69, 9.17) is 4.74 Å². The van der Waals surface area contributed by atoms with Gasteiger partial charge in [0.1, 0.15) is 19.0 Å². The molecule has 2 aromatic rings. The van der Waals surface area contributed by atoms with Gasteiger partial charge < -0.3 is 4.74 Å². The predicted molar refractivity (Wildman–Crippen MR) is 75.6 cm³/mol. The largest absolute Gasteiger partial charge is 0.367 e. The SMILES string of the molecule is Cc1cccc(Cn2nc(C)nc2COCC(F)(F)C(F)F)c1. The van der Waals surface area contributed by atoms with Gasteiger partial charge in [0.05, 0.1) is 6.54 Å². The van der Waals surface area contributed by atoms with E-state index in [0.29, 0.717) is 18.2 Å². The first-order valence-electron chi connectivity index (χ1n) is 6.97. The molecule has 0 aliphatic rings. The van der Waals surface area contributed by atoms with Crippen LogP contribution in [0.4, 0.5) is 17.6 Å². The van der Waals surface area contributed by atoms with E-state index in [1.54, 1.807) is 6.92 Å². The number of nitrogens with zero attached hydrogens (tertiary/aromatic N) is 3. The topological polar surface area (TPSA) is 39.9 Å². The van der Waals surface area contributed by atoms with Gasteiger partial charge in [-0.2, -0.15) is 13.9 Å². The number of rotatable bonds is 7. The van der Waals surface area contributed by atoms with E-state index in [1.165, 1.54) is 4.68 Å². The van der Waals surface area contributed by atoms with Crippen LogP contribution in [0.15, 0.2) is 24.3 Å². The molecule has 1 aromatic carbocycles. The third-order valence-corrected chi connectivity index (χ3v) is 3.11. The molecular formula is C15H17F4N3O. The van der Waals surface area contributed by atoms with E-state index in [-0.39, 0.29) is 6.61 Å². The number of aryl methyl sites for hydroxylation is 2. The molecule has 0 saturated carbocycles. The third-order valence-electron chi connectivity index (χ3n) is 3.11. The zero-order valence-corrected chi connectivity index (χ0v) is 12.8. The molecule has 2 rings (SSSR count). The summed E-state index contributed by atoms with van der Waals surface area (Å²) >= 11 is 0. The number of hydrogen-bond donors (Lipinski definition) is 0. The fourth-order valence-electron chi connectivity index (χ4n) is 2.06. The maximum absolute atomic E-state index is 12.8. The summed E-state index contributed by atoms with van der Waals surface area (Å²) in [6.45, 7) is 2.33. The Hall–Kier alpha value is -1.96. The van der Waals surface area contributed by atoms with Crippen LogP contribution in [-0.4, -0.2) is 33.7 Å². The lowest BCUT2D eigenvalue weighted by Crippen LogP contribution is -2.32. The first kappa shape index (κ1) is 17.4. The Kier molecular flexibility index (Phi) is 5.35. The fraction of sp³-hybridized carbons (Fsp3) is 0.467. The molecule has 0 aliphatic heterocycles. The Labute approximate surface area is 131 Å². The van der Waals surface area contributed by atoms with Crippen molar-refractivity contribution in [1.82, 2.24) is 14.8 Å². The number of ether oxygens (including phenoxy) is 1. The van der Waals surface area contributed by atoms with Crippen LogP contribution in [0.25, 0.3) is 0 Å². The molecule has 0 amide bonds. The second-order valence-corrected chi connectivity index (χ2v) is 5.28. The van der Waals surface area contributed by atoms with Gasteiger partial charge in [-0.3, -0.25) is 0 Å². The zero-order chi connectivity index (χ0) is 17.0. The quantitative estimate of drug-likeness (QED) is 0.731. The molecule has 0 aliphatic carbocycles. The smallest absolute Gasteiger partial charge is 0.330 e. The van der Waals surface area contributed by atoms with E-state index in [0.717, 1.165) is 11.1 Å². The highest BCUT2D eigenvalue weighted by atomic mass is 19.3. The normalized spacial score (nSPS) is 12.1. The van der Waals surface area contributed by atoms with Crippen LogP contribution in [0, 0.1) is 13.8 Å². The first-order valence-corrected chi connectivity index (χ1v) is 6.97. The molecule has 1 aromatic heterocycles. The van der Waals surface area contributed by atoms with Crippen LogP contribution in [0.2, 0.25) is 0 Å². The lowest BCUT2D eigenvalue weighted by atomic mass is 10.1. The van der Waals surface area contributed by atoms with Gasteiger partial charge in [0.2, 0.25) is 0 Å². The van der Waals surface area contributed by atoms with Crippen LogP contribution in [0.1, 0.15) is 22.8 Å². The second kappa shape index (κ2) is 7.08. The van der Waals surface area contributed by atoms with Crippen molar-refractivity contribution in [3.05, 3.63) is 47.0 Å². The van der Waals surface area contributed by atoms with Gasteiger partial charge in [-0.25, -0.2) is 18.4 Å². The minimum atomic E-state index is -4.17. The van der Waals surface area contributed by atoms with Crippen LogP contribution >= 0.6 is 0 Å². The molecule has 0 radical (unpaired) electrons. The highest BCUT2D eigenvalue weighted by molar-refractivity contribution is 5.22. The van der Waals surface area contributed by atoms with Gasteiger partial charge in [-0.15, -0.1) is 0 Å². The number of aromatic nitrogens is 3. The average Bonchev–Trinajstić information content (AvgIpc) is 2.78. The van der Waals surface area contributed by atoms with Crippen LogP contribution in [-0.2, 0) is 17.9 Å². The van der Waals surface area contributed by atoms with Crippen molar-refractivity contribution >= 4 is 0 Å². The number of alkyl halides is 4. The molecular weight excluding hydrogens is 314 g/mol. The molecule has 0 N–H and O–H groups in total. The number of halogens is 4. The van der Waals surface area contributed by atoms with Crippen LogP contribution in [0.5, 0.6) is 0 Å². The van der Waals surface area contributed by atoms with E-state index in [2.05, 4.69) is 10.1 Å². The number of benzene rings is 1. The maximum atomic E-state index is 12.8. The fourth-order valence-corrected chi connectivity index (χ4v) is 2.06. The molecule has 0 bridgehead atoms. The lowest BCUT2D eigenvalue weighted by Gasteiger charge is -2.15. The zero-order valence-electron chi connectivity index (χ0n) is 12.8. The van der Waals surface area contributed by atoms with E-state index in [9.17, 15) is 17.6 Å². The minimum absolute atomic E-state index is 0.311. The number of hydrogen-bond acceptors (Lipinski definition) is 3. The van der Waals surface area contributed by atoms with E-state index < -0.39 is 19.0 Å². The summed E-state index contributed by atoms with van der Waals surface area (Å²) < 4.78 is 56.1. The molecule has 8 heteroatoms. The van der Waals surface area contributed by atoms with Crippen molar-refractivity contribution in [2.24, 2.45) is 0 Å². The molecule has 0 fully saturated rings. The summed E-state index contributed by atoms with van der Waals surface area (Å²) in [6, 6.07) is 7.71. The van der Waals surface area contributed by atoms with Crippen molar-refractivity contribution < 1.29 is 22.3 Å². The van der Waals surface area contributed by atoms with Gasteiger partial charge in [-0.05, 0) is 19.4 Å². The highest BCUT2D eigenvalue weighted by Gasteiger charge is 2.41. The first-order chi connectivity index (χ1) is 10.8. The van der Waals surface area contributed by atoms with Gasteiger partial charge in [-0.1, -0.05) is 29.8 Å². The Morgan fingerprint density at radius 2 is 2.00 bits per heavy atom. The molecule has 1 heterocycles.